The van der Waals surface area contributed by atoms with Crippen LogP contribution in [0.15, 0.2) is 46.9 Å². The molecule has 0 saturated carbocycles. The summed E-state index contributed by atoms with van der Waals surface area (Å²) in [5.74, 6) is 1.92. The van der Waals surface area contributed by atoms with Crippen LogP contribution in [0, 0.1) is 0 Å². The molecule has 0 aliphatic carbocycles. The molecule has 0 fully saturated rings. The number of hydrogen-bond acceptors (Lipinski definition) is 4. The lowest BCUT2D eigenvalue weighted by Crippen LogP contribution is -2.03. The van der Waals surface area contributed by atoms with Crippen molar-refractivity contribution in [3.63, 3.8) is 0 Å². The van der Waals surface area contributed by atoms with Crippen LogP contribution in [-0.4, -0.2) is 19.2 Å². The average Bonchev–Trinajstić information content (AvgIpc) is 3.18. The molecule has 3 aromatic rings. The third-order valence-corrected chi connectivity index (χ3v) is 5.56. The highest BCUT2D eigenvalue weighted by molar-refractivity contribution is 5.97. The molecule has 0 saturated heterocycles. The van der Waals surface area contributed by atoms with Crippen molar-refractivity contribution in [1.29, 1.82) is 0 Å². The molecule has 4 heteroatoms. The summed E-state index contributed by atoms with van der Waals surface area (Å²) in [7, 11) is 0. The fraction of sp³-hybridized carbons (Fsp3) is 0.393. The quantitative estimate of drug-likeness (QED) is 0.269. The summed E-state index contributed by atoms with van der Waals surface area (Å²) in [6, 6.07) is 12.6. The molecule has 0 atom stereocenters. The molecule has 1 heterocycles. The first-order chi connectivity index (χ1) is 15.3. The van der Waals surface area contributed by atoms with E-state index in [1.165, 1.54) is 17.2 Å². The van der Waals surface area contributed by atoms with Crippen molar-refractivity contribution in [2.75, 3.05) is 13.2 Å². The number of rotatable bonds is 8. The van der Waals surface area contributed by atoms with Crippen molar-refractivity contribution >= 4 is 22.5 Å². The van der Waals surface area contributed by atoms with E-state index in [2.05, 4.69) is 45.9 Å². The van der Waals surface area contributed by atoms with E-state index in [0.717, 1.165) is 33.4 Å². The Hall–Kier alpha value is -3.01. The largest absolute Gasteiger partial charge is 0.493 e. The molecule has 0 bridgehead atoms. The van der Waals surface area contributed by atoms with E-state index in [1.807, 2.05) is 32.0 Å². The number of hydrogen-bond donors (Lipinski definition) is 0. The van der Waals surface area contributed by atoms with Gasteiger partial charge in [-0.3, -0.25) is 0 Å². The van der Waals surface area contributed by atoms with Crippen molar-refractivity contribution in [1.82, 2.24) is 0 Å². The van der Waals surface area contributed by atoms with Gasteiger partial charge in [0.2, 0.25) is 0 Å². The number of fused-ring (bicyclic) bond motifs is 1. The Morgan fingerprint density at radius 2 is 1.75 bits per heavy atom. The summed E-state index contributed by atoms with van der Waals surface area (Å²) < 4.78 is 17.5. The highest BCUT2D eigenvalue weighted by Gasteiger charge is 2.20. The normalized spacial score (nSPS) is 12.1. The van der Waals surface area contributed by atoms with E-state index in [0.29, 0.717) is 30.8 Å². The Balaban J connectivity index is 2.23. The molecule has 0 spiro atoms. The fourth-order valence-electron chi connectivity index (χ4n) is 3.84. The zero-order valence-electron chi connectivity index (χ0n) is 20.2. The smallest absolute Gasteiger partial charge is 0.331 e. The predicted octanol–water partition coefficient (Wildman–Crippen LogP) is 7.71. The van der Waals surface area contributed by atoms with Crippen molar-refractivity contribution in [3.8, 4) is 16.9 Å². The molecule has 4 nitrogen and oxygen atoms in total. The van der Waals surface area contributed by atoms with Crippen LogP contribution in [0.5, 0.6) is 5.75 Å². The van der Waals surface area contributed by atoms with Gasteiger partial charge in [-0.25, -0.2) is 4.79 Å². The van der Waals surface area contributed by atoms with Crippen LogP contribution in [-0.2, 0) is 9.53 Å². The molecule has 1 aromatic heterocycles. The summed E-state index contributed by atoms with van der Waals surface area (Å²) in [6.45, 7) is 15.4. The van der Waals surface area contributed by atoms with Crippen LogP contribution in [0.25, 0.3) is 27.7 Å². The third-order valence-electron chi connectivity index (χ3n) is 5.56. The van der Waals surface area contributed by atoms with Gasteiger partial charge in [-0.15, -0.1) is 0 Å². The number of benzene rings is 2. The second kappa shape index (κ2) is 10.1. The van der Waals surface area contributed by atoms with E-state index < -0.39 is 0 Å². The molecular formula is C28H34O4. The van der Waals surface area contributed by atoms with Gasteiger partial charge in [-0.05, 0) is 61.4 Å². The minimum atomic E-state index is -0.365. The molecule has 0 radical (unpaired) electrons. The summed E-state index contributed by atoms with van der Waals surface area (Å²) in [5, 5.41) is 0.984. The number of para-hydroxylation sites is 1. The first-order valence-electron chi connectivity index (χ1n) is 11.5. The first-order valence-corrected chi connectivity index (χ1v) is 11.5. The van der Waals surface area contributed by atoms with Crippen LogP contribution in [0.1, 0.15) is 77.2 Å². The monoisotopic (exact) mass is 434 g/mol. The summed E-state index contributed by atoms with van der Waals surface area (Å²) >= 11 is 0. The highest BCUT2D eigenvalue weighted by Crippen LogP contribution is 2.43. The van der Waals surface area contributed by atoms with Crippen LogP contribution < -0.4 is 4.74 Å². The average molecular weight is 435 g/mol. The van der Waals surface area contributed by atoms with Gasteiger partial charge in [-0.1, -0.05) is 52.0 Å². The molecule has 0 N–H and O–H groups in total. The Morgan fingerprint density at radius 1 is 1.00 bits per heavy atom. The number of furan rings is 1. The molecule has 2 aromatic carbocycles. The molecule has 0 aliphatic heterocycles. The number of carbonyl (C=O) groups is 1. The number of esters is 1. The second-order valence-corrected chi connectivity index (χ2v) is 8.64. The lowest BCUT2D eigenvalue weighted by atomic mass is 9.89. The number of ether oxygens (including phenoxy) is 2. The first kappa shape index (κ1) is 23.6. The van der Waals surface area contributed by atoms with Crippen LogP contribution >= 0.6 is 0 Å². The van der Waals surface area contributed by atoms with Gasteiger partial charge in [-0.2, -0.15) is 0 Å². The van der Waals surface area contributed by atoms with Crippen LogP contribution in [0.2, 0.25) is 0 Å². The van der Waals surface area contributed by atoms with Gasteiger partial charge in [0.1, 0.15) is 17.1 Å². The topological polar surface area (TPSA) is 48.7 Å². The van der Waals surface area contributed by atoms with Crippen molar-refractivity contribution in [2.45, 2.75) is 60.3 Å². The van der Waals surface area contributed by atoms with Crippen LogP contribution in [0.3, 0.4) is 0 Å². The standard InChI is InChI=1S/C28H34O4/c1-8-30-26(29)13-19(7)25-16-20-11-10-12-22(27(20)32-25)24-15-21(17(3)4)14-23(18(5)6)28(24)31-9-2/h10-18H,8-9H2,1-7H3/b19-13-. The van der Waals surface area contributed by atoms with Gasteiger partial charge >= 0.3 is 5.97 Å². The molecule has 170 valence electrons. The van der Waals surface area contributed by atoms with E-state index in [-0.39, 0.29) is 5.97 Å². The Bertz CT molecular complexity index is 1130. The summed E-state index contributed by atoms with van der Waals surface area (Å²) in [5.41, 5.74) is 6.03. The zero-order valence-corrected chi connectivity index (χ0v) is 20.2. The van der Waals surface area contributed by atoms with Crippen molar-refractivity contribution in [2.24, 2.45) is 0 Å². The Labute approximate surface area is 191 Å². The zero-order chi connectivity index (χ0) is 23.4. The van der Waals surface area contributed by atoms with E-state index in [4.69, 9.17) is 13.9 Å². The SMILES string of the molecule is CCOC(=O)/C=C(/C)c1cc2cccc(-c3cc(C(C)C)cc(C(C)C)c3OCC)c2o1. The molecule has 32 heavy (non-hydrogen) atoms. The maximum atomic E-state index is 11.9. The van der Waals surface area contributed by atoms with Gasteiger partial charge < -0.3 is 13.9 Å². The maximum Gasteiger partial charge on any atom is 0.331 e. The van der Waals surface area contributed by atoms with Crippen molar-refractivity contribution < 1.29 is 18.7 Å². The predicted molar refractivity (Wildman–Crippen MR) is 131 cm³/mol. The van der Waals surface area contributed by atoms with Gasteiger partial charge in [0.15, 0.2) is 0 Å². The lowest BCUT2D eigenvalue weighted by molar-refractivity contribution is -0.137. The minimum Gasteiger partial charge on any atom is -0.493 e. The molecule has 3 rings (SSSR count). The Morgan fingerprint density at radius 3 is 2.38 bits per heavy atom. The van der Waals surface area contributed by atoms with Crippen molar-refractivity contribution in [3.05, 3.63) is 59.4 Å². The number of allylic oxidation sites excluding steroid dienone is 1. The van der Waals surface area contributed by atoms with E-state index in [1.54, 1.807) is 6.92 Å². The Kier molecular flexibility index (Phi) is 7.44. The summed E-state index contributed by atoms with van der Waals surface area (Å²) in [4.78, 5) is 11.9. The fourth-order valence-corrected chi connectivity index (χ4v) is 3.84. The number of carbonyl (C=O) groups excluding carboxylic acids is 1. The molecule has 0 aliphatic rings. The van der Waals surface area contributed by atoms with Gasteiger partial charge in [0.25, 0.3) is 0 Å². The molecule has 0 unspecified atom stereocenters. The molecular weight excluding hydrogens is 400 g/mol. The summed E-state index contributed by atoms with van der Waals surface area (Å²) in [6.07, 6.45) is 1.47. The molecule has 0 amide bonds. The minimum absolute atomic E-state index is 0.329. The van der Waals surface area contributed by atoms with Gasteiger partial charge in [0, 0.05) is 22.6 Å². The van der Waals surface area contributed by atoms with Gasteiger partial charge in [0.05, 0.1) is 13.2 Å². The van der Waals surface area contributed by atoms with E-state index >= 15 is 0 Å². The van der Waals surface area contributed by atoms with Crippen LogP contribution in [0.4, 0.5) is 0 Å². The second-order valence-electron chi connectivity index (χ2n) is 8.64. The third kappa shape index (κ3) is 4.90. The highest BCUT2D eigenvalue weighted by atomic mass is 16.5. The van der Waals surface area contributed by atoms with E-state index in [9.17, 15) is 4.79 Å². The maximum absolute atomic E-state index is 11.9. The lowest BCUT2D eigenvalue weighted by Gasteiger charge is -2.21.